The number of anilines is 2. The highest BCUT2D eigenvalue weighted by Gasteiger charge is 2.36. The zero-order valence-electron chi connectivity index (χ0n) is 17.0. The minimum absolute atomic E-state index is 0.103. The van der Waals surface area contributed by atoms with Crippen molar-refractivity contribution in [3.05, 3.63) is 77.5 Å². The Bertz CT molecular complexity index is 944. The van der Waals surface area contributed by atoms with Crippen LogP contribution in [0.4, 0.5) is 24.7 Å². The van der Waals surface area contributed by atoms with Crippen molar-refractivity contribution in [2.45, 2.75) is 39.0 Å². The van der Waals surface area contributed by atoms with Crippen molar-refractivity contribution in [3.8, 4) is 6.01 Å². The first-order valence-corrected chi connectivity index (χ1v) is 9.82. The predicted octanol–water partition coefficient (Wildman–Crippen LogP) is 6.18. The standard InChI is InChI=1S/C23H24F3N3O/c1-3-4-8-17-11-13-19(14-12-17)29(2)21-20(23(24,25)26)15-27-22(28-21)30-16-18-9-6-5-7-10-18/h5-7,9-15H,3-4,8,16H2,1-2H3. The van der Waals surface area contributed by atoms with Gasteiger partial charge in [-0.25, -0.2) is 4.98 Å². The smallest absolute Gasteiger partial charge is 0.421 e. The summed E-state index contributed by atoms with van der Waals surface area (Å²) in [5.74, 6) is -0.248. The van der Waals surface area contributed by atoms with E-state index in [4.69, 9.17) is 4.74 Å². The third kappa shape index (κ3) is 5.49. The predicted molar refractivity (Wildman–Crippen MR) is 111 cm³/mol. The quantitative estimate of drug-likeness (QED) is 0.440. The lowest BCUT2D eigenvalue weighted by atomic mass is 10.1. The van der Waals surface area contributed by atoms with Crippen LogP contribution in [0.5, 0.6) is 6.01 Å². The van der Waals surface area contributed by atoms with Gasteiger partial charge >= 0.3 is 12.2 Å². The van der Waals surface area contributed by atoms with Gasteiger partial charge in [-0.1, -0.05) is 55.8 Å². The minimum Gasteiger partial charge on any atom is -0.459 e. The molecule has 0 unspecified atom stereocenters. The van der Waals surface area contributed by atoms with Crippen molar-refractivity contribution in [3.63, 3.8) is 0 Å². The van der Waals surface area contributed by atoms with Crippen LogP contribution < -0.4 is 9.64 Å². The van der Waals surface area contributed by atoms with Crippen LogP contribution in [0.25, 0.3) is 0 Å². The molecule has 3 rings (SSSR count). The van der Waals surface area contributed by atoms with Crippen LogP contribution in [0.1, 0.15) is 36.5 Å². The van der Waals surface area contributed by atoms with Crippen molar-refractivity contribution in [1.82, 2.24) is 9.97 Å². The van der Waals surface area contributed by atoms with E-state index >= 15 is 0 Å². The Labute approximate surface area is 174 Å². The lowest BCUT2D eigenvalue weighted by Crippen LogP contribution is -2.19. The van der Waals surface area contributed by atoms with Gasteiger partial charge in [0, 0.05) is 18.9 Å². The molecule has 0 aliphatic rings. The number of halogens is 3. The summed E-state index contributed by atoms with van der Waals surface area (Å²) in [6.45, 7) is 2.29. The van der Waals surface area contributed by atoms with E-state index in [9.17, 15) is 13.2 Å². The SMILES string of the molecule is CCCCc1ccc(N(C)c2nc(OCc3ccccc3)ncc2C(F)(F)F)cc1. The number of unbranched alkanes of at least 4 members (excludes halogenated alkanes) is 1. The van der Waals surface area contributed by atoms with Gasteiger partial charge < -0.3 is 9.64 Å². The summed E-state index contributed by atoms with van der Waals surface area (Å²) in [4.78, 5) is 9.25. The number of hydrogen-bond donors (Lipinski definition) is 0. The van der Waals surface area contributed by atoms with Gasteiger partial charge in [-0.3, -0.25) is 0 Å². The minimum atomic E-state index is -4.58. The van der Waals surface area contributed by atoms with E-state index in [1.54, 1.807) is 19.2 Å². The number of hydrogen-bond acceptors (Lipinski definition) is 4. The molecule has 1 aromatic heterocycles. The molecule has 4 nitrogen and oxygen atoms in total. The largest absolute Gasteiger partial charge is 0.459 e. The second-order valence-electron chi connectivity index (χ2n) is 6.99. The van der Waals surface area contributed by atoms with Gasteiger partial charge in [0.2, 0.25) is 0 Å². The summed E-state index contributed by atoms with van der Waals surface area (Å²) < 4.78 is 46.2. The number of alkyl halides is 3. The normalized spacial score (nSPS) is 11.4. The van der Waals surface area contributed by atoms with Gasteiger partial charge in [-0.2, -0.15) is 18.2 Å². The van der Waals surface area contributed by atoms with Crippen LogP contribution >= 0.6 is 0 Å². The fourth-order valence-electron chi connectivity index (χ4n) is 2.99. The highest BCUT2D eigenvalue weighted by molar-refractivity contribution is 5.63. The molecule has 158 valence electrons. The van der Waals surface area contributed by atoms with E-state index < -0.39 is 11.7 Å². The first-order valence-electron chi connectivity index (χ1n) is 9.82. The van der Waals surface area contributed by atoms with Crippen molar-refractivity contribution < 1.29 is 17.9 Å². The molecular weight excluding hydrogens is 391 g/mol. The van der Waals surface area contributed by atoms with Crippen molar-refractivity contribution in [1.29, 1.82) is 0 Å². The molecule has 2 aromatic carbocycles. The van der Waals surface area contributed by atoms with Crippen LogP contribution in [-0.2, 0) is 19.2 Å². The maximum Gasteiger partial charge on any atom is 0.421 e. The Morgan fingerprint density at radius 1 is 0.967 bits per heavy atom. The molecule has 0 N–H and O–H groups in total. The van der Waals surface area contributed by atoms with Gasteiger partial charge in [0.15, 0.2) is 5.82 Å². The van der Waals surface area contributed by atoms with E-state index in [2.05, 4.69) is 16.9 Å². The van der Waals surface area contributed by atoms with Gasteiger partial charge in [-0.05, 0) is 36.1 Å². The molecule has 0 bridgehead atoms. The van der Waals surface area contributed by atoms with Gasteiger partial charge in [-0.15, -0.1) is 0 Å². The summed E-state index contributed by atoms with van der Waals surface area (Å²) >= 11 is 0. The number of rotatable bonds is 8. The molecule has 1 heterocycles. The highest BCUT2D eigenvalue weighted by Crippen LogP contribution is 2.37. The summed E-state index contributed by atoms with van der Waals surface area (Å²) in [5.41, 5.74) is 1.72. The first-order chi connectivity index (χ1) is 14.4. The van der Waals surface area contributed by atoms with E-state index in [1.807, 2.05) is 42.5 Å². The Morgan fingerprint density at radius 3 is 2.30 bits per heavy atom. The summed E-state index contributed by atoms with van der Waals surface area (Å²) in [6, 6.07) is 16.7. The summed E-state index contributed by atoms with van der Waals surface area (Å²) in [5, 5.41) is 0. The molecule has 3 aromatic rings. The van der Waals surface area contributed by atoms with E-state index in [-0.39, 0.29) is 18.4 Å². The molecule has 0 spiro atoms. The lowest BCUT2D eigenvalue weighted by molar-refractivity contribution is -0.137. The monoisotopic (exact) mass is 415 g/mol. The topological polar surface area (TPSA) is 38.2 Å². The Morgan fingerprint density at radius 2 is 1.67 bits per heavy atom. The van der Waals surface area contributed by atoms with Gasteiger partial charge in [0.05, 0.1) is 0 Å². The molecular formula is C23H24F3N3O. The maximum atomic E-state index is 13.6. The molecule has 0 fully saturated rings. The van der Waals surface area contributed by atoms with Gasteiger partial charge in [0.1, 0.15) is 12.2 Å². The molecule has 0 aliphatic carbocycles. The van der Waals surface area contributed by atoms with Crippen LogP contribution in [0.3, 0.4) is 0 Å². The lowest BCUT2D eigenvalue weighted by Gasteiger charge is -2.23. The second kappa shape index (κ2) is 9.61. The Hall–Kier alpha value is -3.09. The number of ether oxygens (including phenoxy) is 1. The number of benzene rings is 2. The Kier molecular flexibility index (Phi) is 6.92. The second-order valence-corrected chi connectivity index (χ2v) is 6.99. The third-order valence-corrected chi connectivity index (χ3v) is 4.72. The van der Waals surface area contributed by atoms with E-state index in [0.29, 0.717) is 5.69 Å². The van der Waals surface area contributed by atoms with Crippen molar-refractivity contribution >= 4 is 11.5 Å². The third-order valence-electron chi connectivity index (χ3n) is 4.72. The first kappa shape index (κ1) is 21.6. The van der Waals surface area contributed by atoms with Crippen LogP contribution in [0.15, 0.2) is 60.8 Å². The zero-order chi connectivity index (χ0) is 21.6. The maximum absolute atomic E-state index is 13.6. The van der Waals surface area contributed by atoms with Crippen molar-refractivity contribution in [2.24, 2.45) is 0 Å². The molecule has 7 heteroatoms. The fraction of sp³-hybridized carbons (Fsp3) is 0.304. The molecule has 0 saturated heterocycles. The molecule has 30 heavy (non-hydrogen) atoms. The fourth-order valence-corrected chi connectivity index (χ4v) is 2.99. The summed E-state index contributed by atoms with van der Waals surface area (Å²) in [6.07, 6.45) is -0.707. The zero-order valence-corrected chi connectivity index (χ0v) is 17.0. The molecule has 0 amide bonds. The Balaban J connectivity index is 1.86. The van der Waals surface area contributed by atoms with Gasteiger partial charge in [0.25, 0.3) is 0 Å². The summed E-state index contributed by atoms with van der Waals surface area (Å²) in [7, 11) is 1.56. The average Bonchev–Trinajstić information content (AvgIpc) is 2.76. The molecule has 0 aliphatic heterocycles. The number of aryl methyl sites for hydroxylation is 1. The number of aromatic nitrogens is 2. The molecule has 0 radical (unpaired) electrons. The van der Waals surface area contributed by atoms with Crippen LogP contribution in [0, 0.1) is 0 Å². The van der Waals surface area contributed by atoms with Crippen LogP contribution in [0.2, 0.25) is 0 Å². The van der Waals surface area contributed by atoms with Crippen LogP contribution in [-0.4, -0.2) is 17.0 Å². The van der Waals surface area contributed by atoms with Crippen molar-refractivity contribution in [2.75, 3.05) is 11.9 Å². The molecule has 0 saturated carbocycles. The average molecular weight is 415 g/mol. The molecule has 0 atom stereocenters. The van der Waals surface area contributed by atoms with E-state index in [0.717, 1.165) is 36.6 Å². The number of nitrogens with zero attached hydrogens (tertiary/aromatic N) is 3. The highest BCUT2D eigenvalue weighted by atomic mass is 19.4. The van der Waals surface area contributed by atoms with E-state index in [1.165, 1.54) is 4.90 Å².